The number of benzene rings is 3. The summed E-state index contributed by atoms with van der Waals surface area (Å²) >= 11 is 0. The van der Waals surface area contributed by atoms with E-state index in [9.17, 15) is 20.4 Å². The fourth-order valence-electron chi connectivity index (χ4n) is 5.41. The Morgan fingerprint density at radius 2 is 1.71 bits per heavy atom. The Labute approximate surface area is 246 Å². The van der Waals surface area contributed by atoms with Crippen molar-refractivity contribution in [1.29, 1.82) is 0 Å². The lowest BCUT2D eigenvalue weighted by atomic mass is 10.0. The molecule has 224 valence electrons. The number of anilines is 1. The third kappa shape index (κ3) is 6.59. The summed E-state index contributed by atoms with van der Waals surface area (Å²) in [5, 5.41) is 43.5. The van der Waals surface area contributed by atoms with E-state index in [4.69, 9.17) is 14.5 Å². The van der Waals surface area contributed by atoms with Gasteiger partial charge in [-0.3, -0.25) is 4.57 Å². The molecular weight excluding hydrogens is 536 g/mol. The number of aliphatic hydroxyl groups is 4. The van der Waals surface area contributed by atoms with Crippen molar-refractivity contribution in [2.75, 3.05) is 52.3 Å². The van der Waals surface area contributed by atoms with Crippen LogP contribution >= 0.6 is 0 Å². The van der Waals surface area contributed by atoms with Crippen LogP contribution in [0.1, 0.15) is 18.2 Å². The van der Waals surface area contributed by atoms with E-state index < -0.39 is 31.1 Å². The zero-order valence-corrected chi connectivity index (χ0v) is 24.1. The van der Waals surface area contributed by atoms with Gasteiger partial charge in [0.05, 0.1) is 51.5 Å². The number of imidazole rings is 1. The summed E-state index contributed by atoms with van der Waals surface area (Å²) in [6.45, 7) is 2.31. The van der Waals surface area contributed by atoms with E-state index >= 15 is 0 Å². The Kier molecular flexibility index (Phi) is 9.42. The third-order valence-corrected chi connectivity index (χ3v) is 7.82. The lowest BCUT2D eigenvalue weighted by Gasteiger charge is -2.28. The number of fused-ring (bicyclic) bond motifs is 1. The molecule has 4 atom stereocenters. The quantitative estimate of drug-likeness (QED) is 0.121. The van der Waals surface area contributed by atoms with Gasteiger partial charge in [0.1, 0.15) is 30.6 Å². The molecule has 10 nitrogen and oxygen atoms in total. The molecule has 1 aliphatic rings. The molecule has 0 saturated carbocycles. The highest BCUT2D eigenvalue weighted by Crippen LogP contribution is 2.36. The second-order valence-electron chi connectivity index (χ2n) is 11.4. The minimum absolute atomic E-state index is 0.156. The van der Waals surface area contributed by atoms with Crippen molar-refractivity contribution < 1.29 is 34.4 Å². The number of para-hydroxylation sites is 2. The first-order chi connectivity index (χ1) is 20.3. The molecule has 0 bridgehead atoms. The number of quaternary nitrogens is 1. The molecule has 0 spiro atoms. The van der Waals surface area contributed by atoms with Crippen LogP contribution in [0.3, 0.4) is 0 Å². The average molecular weight is 578 g/mol. The second-order valence-corrected chi connectivity index (χ2v) is 11.4. The molecule has 0 radical (unpaired) electrons. The van der Waals surface area contributed by atoms with Crippen molar-refractivity contribution in [3.05, 3.63) is 78.4 Å². The summed E-state index contributed by atoms with van der Waals surface area (Å²) in [5.41, 5.74) is 4.49. The van der Waals surface area contributed by atoms with Crippen LogP contribution in [0, 0.1) is 0 Å². The molecule has 2 heterocycles. The molecule has 42 heavy (non-hydrogen) atoms. The summed E-state index contributed by atoms with van der Waals surface area (Å²) in [7, 11) is 4.21. The highest BCUT2D eigenvalue weighted by molar-refractivity contribution is 5.79. The van der Waals surface area contributed by atoms with Gasteiger partial charge in [0.2, 0.25) is 5.95 Å². The number of rotatable bonds is 13. The Morgan fingerprint density at radius 3 is 2.45 bits per heavy atom. The molecular formula is C32H41N4O6+. The van der Waals surface area contributed by atoms with E-state index in [1.807, 2.05) is 54.6 Å². The standard InChI is InChI=1S/C32H41N4O6/c1-36(2,16-17-37)15-8-18-41-27-19-22(13-14-24(27)23-9-4-3-5-10-23)20-33-32-34-25-11-6-7-12-26(25)35(32)31-30(40)29(39)28(21-38)42-31/h3-7,9-14,19,28-31,37-40H,8,15-18,20-21H2,1-2H3,(H,33,34)/q+1/t28-,29-,30-,31-/m1/s1. The van der Waals surface area contributed by atoms with Gasteiger partial charge in [0.15, 0.2) is 6.23 Å². The number of nitrogens with zero attached hydrogens (tertiary/aromatic N) is 3. The van der Waals surface area contributed by atoms with Crippen molar-refractivity contribution in [3.8, 4) is 16.9 Å². The van der Waals surface area contributed by atoms with Gasteiger partial charge in [-0.05, 0) is 29.3 Å². The molecule has 4 aromatic rings. The van der Waals surface area contributed by atoms with Crippen LogP contribution in [0.25, 0.3) is 22.2 Å². The fraction of sp³-hybridized carbons (Fsp3) is 0.406. The van der Waals surface area contributed by atoms with E-state index in [1.54, 1.807) is 4.57 Å². The Bertz CT molecular complexity index is 1460. The Hall–Kier alpha value is -3.51. The molecule has 1 fully saturated rings. The summed E-state index contributed by atoms with van der Waals surface area (Å²) < 4.78 is 14.7. The van der Waals surface area contributed by atoms with Gasteiger partial charge < -0.3 is 39.7 Å². The molecule has 1 aliphatic heterocycles. The Morgan fingerprint density at radius 1 is 0.952 bits per heavy atom. The molecule has 0 aliphatic carbocycles. The maximum Gasteiger partial charge on any atom is 0.206 e. The van der Waals surface area contributed by atoms with E-state index in [0.29, 0.717) is 31.2 Å². The first kappa shape index (κ1) is 30.0. The molecule has 0 unspecified atom stereocenters. The van der Waals surface area contributed by atoms with Crippen LogP contribution in [0.15, 0.2) is 72.8 Å². The smallest absolute Gasteiger partial charge is 0.206 e. The van der Waals surface area contributed by atoms with E-state index in [0.717, 1.165) is 45.4 Å². The zero-order chi connectivity index (χ0) is 29.7. The average Bonchev–Trinajstić information content (AvgIpc) is 3.50. The number of hydrogen-bond donors (Lipinski definition) is 5. The van der Waals surface area contributed by atoms with E-state index in [1.165, 1.54) is 0 Å². The van der Waals surface area contributed by atoms with Crippen molar-refractivity contribution >= 4 is 17.0 Å². The van der Waals surface area contributed by atoms with Crippen molar-refractivity contribution in [2.24, 2.45) is 0 Å². The number of likely N-dealkylation sites (N-methyl/N-ethyl adjacent to an activating group) is 1. The lowest BCUT2D eigenvalue weighted by Crippen LogP contribution is -2.43. The molecule has 10 heteroatoms. The first-order valence-corrected chi connectivity index (χ1v) is 14.4. The first-order valence-electron chi connectivity index (χ1n) is 14.4. The van der Waals surface area contributed by atoms with Gasteiger partial charge in [-0.2, -0.15) is 0 Å². The zero-order valence-electron chi connectivity index (χ0n) is 24.1. The lowest BCUT2D eigenvalue weighted by molar-refractivity contribution is -0.890. The van der Waals surface area contributed by atoms with Gasteiger partial charge in [-0.1, -0.05) is 54.6 Å². The molecule has 1 saturated heterocycles. The summed E-state index contributed by atoms with van der Waals surface area (Å²) in [4.78, 5) is 4.73. The summed E-state index contributed by atoms with van der Waals surface area (Å²) in [6.07, 6.45) is -3.41. The van der Waals surface area contributed by atoms with E-state index in [2.05, 4.69) is 37.6 Å². The molecule has 0 amide bonds. The summed E-state index contributed by atoms with van der Waals surface area (Å²) in [5.74, 6) is 1.26. The number of aromatic nitrogens is 2. The van der Waals surface area contributed by atoms with Gasteiger partial charge >= 0.3 is 0 Å². The van der Waals surface area contributed by atoms with Crippen LogP contribution in [0.5, 0.6) is 5.75 Å². The number of ether oxygens (including phenoxy) is 2. The van der Waals surface area contributed by atoms with Gasteiger partial charge in [0.25, 0.3) is 0 Å². The predicted molar refractivity (Wildman–Crippen MR) is 161 cm³/mol. The SMILES string of the molecule is C[N+](C)(CCO)CCCOc1cc(CNc2nc3ccccc3n2[C@@H]2O[C@H](CO)[C@@H](O)[C@H]2O)ccc1-c1ccccc1. The van der Waals surface area contributed by atoms with Gasteiger partial charge in [-0.25, -0.2) is 4.98 Å². The van der Waals surface area contributed by atoms with Gasteiger partial charge in [0, 0.05) is 18.5 Å². The topological polar surface area (TPSA) is 129 Å². The molecule has 5 rings (SSSR count). The third-order valence-electron chi connectivity index (χ3n) is 7.82. The van der Waals surface area contributed by atoms with Crippen LogP contribution in [0.2, 0.25) is 0 Å². The van der Waals surface area contributed by atoms with Crippen molar-refractivity contribution in [3.63, 3.8) is 0 Å². The number of aliphatic hydroxyl groups excluding tert-OH is 4. The molecule has 5 N–H and O–H groups in total. The second kappa shape index (κ2) is 13.2. The Balaban J connectivity index is 1.38. The van der Waals surface area contributed by atoms with Gasteiger partial charge in [-0.15, -0.1) is 0 Å². The monoisotopic (exact) mass is 577 g/mol. The fourth-order valence-corrected chi connectivity index (χ4v) is 5.41. The van der Waals surface area contributed by atoms with Crippen molar-refractivity contribution in [2.45, 2.75) is 37.5 Å². The number of hydrogen-bond acceptors (Lipinski definition) is 8. The minimum atomic E-state index is -1.23. The maximum absolute atomic E-state index is 10.8. The van der Waals surface area contributed by atoms with Crippen LogP contribution in [-0.4, -0.2) is 99.8 Å². The maximum atomic E-state index is 10.8. The van der Waals surface area contributed by atoms with E-state index in [-0.39, 0.29) is 6.61 Å². The van der Waals surface area contributed by atoms with Crippen LogP contribution < -0.4 is 10.1 Å². The van der Waals surface area contributed by atoms with Crippen LogP contribution in [-0.2, 0) is 11.3 Å². The summed E-state index contributed by atoms with van der Waals surface area (Å²) in [6, 6.07) is 23.8. The molecule has 1 aromatic heterocycles. The highest BCUT2D eigenvalue weighted by atomic mass is 16.6. The minimum Gasteiger partial charge on any atom is -0.493 e. The molecule has 3 aromatic carbocycles. The van der Waals surface area contributed by atoms with Crippen molar-refractivity contribution in [1.82, 2.24) is 9.55 Å². The normalized spacial score (nSPS) is 20.7. The largest absolute Gasteiger partial charge is 0.493 e. The predicted octanol–water partition coefficient (Wildman–Crippen LogP) is 2.76. The number of nitrogens with one attached hydrogen (secondary N) is 1. The highest BCUT2D eigenvalue weighted by Gasteiger charge is 2.44. The van der Waals surface area contributed by atoms with Crippen LogP contribution in [0.4, 0.5) is 5.95 Å².